The molecule has 0 atom stereocenters. The van der Waals surface area contributed by atoms with Crippen molar-refractivity contribution in [2.75, 3.05) is 6.61 Å². The van der Waals surface area contributed by atoms with E-state index in [1.54, 1.807) is 0 Å². The zero-order valence-electron chi connectivity index (χ0n) is 8.12. The Hall–Kier alpha value is -0.980. The smallest absolute Gasteiger partial charge is 0.119 e. The fraction of sp³-hybridized carbons (Fsp3) is 0.500. The van der Waals surface area contributed by atoms with Crippen LogP contribution in [-0.2, 0) is 0 Å². The summed E-state index contributed by atoms with van der Waals surface area (Å²) in [5.41, 5.74) is 1.29. The van der Waals surface area contributed by atoms with Crippen LogP contribution < -0.4 is 4.74 Å². The highest BCUT2D eigenvalue weighted by Gasteiger charge is 2.20. The Balaban J connectivity index is 1.76. The van der Waals surface area contributed by atoms with E-state index >= 15 is 0 Å². The Morgan fingerprint density at radius 1 is 1.23 bits per heavy atom. The van der Waals surface area contributed by atoms with Crippen LogP contribution in [0.3, 0.4) is 0 Å². The minimum atomic E-state index is 0.883. The Bertz CT molecular complexity index is 259. The zero-order chi connectivity index (χ0) is 9.10. The van der Waals surface area contributed by atoms with Gasteiger partial charge in [0.25, 0.3) is 0 Å². The third kappa shape index (κ3) is 2.76. The molecule has 13 heavy (non-hydrogen) atoms. The van der Waals surface area contributed by atoms with E-state index in [-0.39, 0.29) is 0 Å². The maximum absolute atomic E-state index is 5.61. The maximum Gasteiger partial charge on any atom is 0.119 e. The van der Waals surface area contributed by atoms with Crippen molar-refractivity contribution >= 4 is 0 Å². The SMILES string of the molecule is Cc1ccc(OCCC2CC2)cc1. The van der Waals surface area contributed by atoms with Crippen molar-refractivity contribution < 1.29 is 4.74 Å². The summed E-state index contributed by atoms with van der Waals surface area (Å²) in [4.78, 5) is 0. The fourth-order valence-electron chi connectivity index (χ4n) is 1.38. The number of hydrogen-bond acceptors (Lipinski definition) is 1. The van der Waals surface area contributed by atoms with Gasteiger partial charge >= 0.3 is 0 Å². The summed E-state index contributed by atoms with van der Waals surface area (Å²) in [5, 5.41) is 0. The van der Waals surface area contributed by atoms with Crippen LogP contribution in [0.1, 0.15) is 24.8 Å². The van der Waals surface area contributed by atoms with Gasteiger partial charge in [0.05, 0.1) is 6.61 Å². The van der Waals surface area contributed by atoms with Crippen LogP contribution >= 0.6 is 0 Å². The molecule has 1 heteroatoms. The minimum absolute atomic E-state index is 0.883. The topological polar surface area (TPSA) is 9.23 Å². The Morgan fingerprint density at radius 2 is 1.92 bits per heavy atom. The molecule has 1 aromatic carbocycles. The molecule has 0 N–H and O–H groups in total. The number of benzene rings is 1. The summed E-state index contributed by atoms with van der Waals surface area (Å²) < 4.78 is 5.61. The first-order chi connectivity index (χ1) is 6.34. The van der Waals surface area contributed by atoms with Gasteiger partial charge in [-0.15, -0.1) is 0 Å². The van der Waals surface area contributed by atoms with Crippen LogP contribution in [0.4, 0.5) is 0 Å². The summed E-state index contributed by atoms with van der Waals surface area (Å²) in [7, 11) is 0. The Kier molecular flexibility index (Phi) is 2.53. The summed E-state index contributed by atoms with van der Waals surface area (Å²) in [5.74, 6) is 1.97. The molecule has 2 rings (SSSR count). The second-order valence-electron chi connectivity index (χ2n) is 3.89. The highest BCUT2D eigenvalue weighted by molar-refractivity contribution is 5.26. The van der Waals surface area contributed by atoms with Crippen LogP contribution in [0.25, 0.3) is 0 Å². The van der Waals surface area contributed by atoms with Crippen molar-refractivity contribution in [2.45, 2.75) is 26.2 Å². The first-order valence-electron chi connectivity index (χ1n) is 5.04. The first-order valence-corrected chi connectivity index (χ1v) is 5.04. The average molecular weight is 176 g/mol. The average Bonchev–Trinajstić information content (AvgIpc) is 2.92. The van der Waals surface area contributed by atoms with Crippen molar-refractivity contribution in [3.63, 3.8) is 0 Å². The number of hydrogen-bond donors (Lipinski definition) is 0. The maximum atomic E-state index is 5.61. The largest absolute Gasteiger partial charge is 0.494 e. The minimum Gasteiger partial charge on any atom is -0.494 e. The van der Waals surface area contributed by atoms with E-state index in [1.807, 2.05) is 12.1 Å². The molecule has 1 fully saturated rings. The molecule has 0 saturated heterocycles. The molecule has 0 spiro atoms. The molecule has 0 heterocycles. The van der Waals surface area contributed by atoms with Crippen LogP contribution in [0.15, 0.2) is 24.3 Å². The lowest BCUT2D eigenvalue weighted by Crippen LogP contribution is -1.97. The molecule has 0 unspecified atom stereocenters. The van der Waals surface area contributed by atoms with E-state index in [0.717, 1.165) is 18.3 Å². The molecular formula is C12H16O. The van der Waals surface area contributed by atoms with E-state index in [2.05, 4.69) is 19.1 Å². The molecule has 0 amide bonds. The summed E-state index contributed by atoms with van der Waals surface area (Å²) >= 11 is 0. The third-order valence-electron chi connectivity index (χ3n) is 2.51. The molecule has 1 saturated carbocycles. The lowest BCUT2D eigenvalue weighted by atomic mass is 10.2. The van der Waals surface area contributed by atoms with Gasteiger partial charge in [-0.05, 0) is 31.4 Å². The van der Waals surface area contributed by atoms with Gasteiger partial charge in [0.1, 0.15) is 5.75 Å². The van der Waals surface area contributed by atoms with Crippen molar-refractivity contribution in [1.29, 1.82) is 0 Å². The zero-order valence-corrected chi connectivity index (χ0v) is 8.12. The fourth-order valence-corrected chi connectivity index (χ4v) is 1.38. The van der Waals surface area contributed by atoms with Crippen molar-refractivity contribution in [2.24, 2.45) is 5.92 Å². The molecule has 0 radical (unpaired) electrons. The van der Waals surface area contributed by atoms with E-state index < -0.39 is 0 Å². The first kappa shape index (κ1) is 8.61. The van der Waals surface area contributed by atoms with Gasteiger partial charge in [-0.1, -0.05) is 30.5 Å². The van der Waals surface area contributed by atoms with E-state index in [1.165, 1.54) is 24.8 Å². The van der Waals surface area contributed by atoms with Crippen molar-refractivity contribution in [3.8, 4) is 5.75 Å². The van der Waals surface area contributed by atoms with Crippen molar-refractivity contribution in [1.82, 2.24) is 0 Å². The van der Waals surface area contributed by atoms with Crippen LogP contribution in [0.2, 0.25) is 0 Å². The van der Waals surface area contributed by atoms with Crippen LogP contribution in [0.5, 0.6) is 5.75 Å². The quantitative estimate of drug-likeness (QED) is 0.684. The van der Waals surface area contributed by atoms with E-state index in [9.17, 15) is 0 Å². The molecular weight excluding hydrogens is 160 g/mol. The number of ether oxygens (including phenoxy) is 1. The van der Waals surface area contributed by atoms with E-state index in [0.29, 0.717) is 0 Å². The van der Waals surface area contributed by atoms with Gasteiger partial charge in [-0.2, -0.15) is 0 Å². The van der Waals surface area contributed by atoms with Gasteiger partial charge in [-0.3, -0.25) is 0 Å². The third-order valence-corrected chi connectivity index (χ3v) is 2.51. The standard InChI is InChI=1S/C12H16O/c1-10-2-6-12(7-3-10)13-9-8-11-4-5-11/h2-3,6-7,11H,4-5,8-9H2,1H3. The molecule has 0 aliphatic heterocycles. The van der Waals surface area contributed by atoms with Gasteiger partial charge in [0.2, 0.25) is 0 Å². The van der Waals surface area contributed by atoms with Gasteiger partial charge in [0.15, 0.2) is 0 Å². The predicted octanol–water partition coefficient (Wildman–Crippen LogP) is 3.17. The van der Waals surface area contributed by atoms with Crippen molar-refractivity contribution in [3.05, 3.63) is 29.8 Å². The summed E-state index contributed by atoms with van der Waals surface area (Å²) in [6.07, 6.45) is 4.06. The molecule has 1 aliphatic rings. The van der Waals surface area contributed by atoms with Gasteiger partial charge in [0, 0.05) is 0 Å². The predicted molar refractivity (Wildman–Crippen MR) is 54.0 cm³/mol. The second-order valence-corrected chi connectivity index (χ2v) is 3.89. The Morgan fingerprint density at radius 3 is 2.54 bits per heavy atom. The number of aryl methyl sites for hydroxylation is 1. The molecule has 1 aliphatic carbocycles. The number of rotatable bonds is 4. The highest BCUT2D eigenvalue weighted by Crippen LogP contribution is 2.32. The normalized spacial score (nSPS) is 15.8. The lowest BCUT2D eigenvalue weighted by Gasteiger charge is -2.05. The highest BCUT2D eigenvalue weighted by atomic mass is 16.5. The molecule has 70 valence electrons. The summed E-state index contributed by atoms with van der Waals surface area (Å²) in [6.45, 7) is 2.97. The lowest BCUT2D eigenvalue weighted by molar-refractivity contribution is 0.302. The summed E-state index contributed by atoms with van der Waals surface area (Å²) in [6, 6.07) is 8.27. The molecule has 0 aromatic heterocycles. The second kappa shape index (κ2) is 3.82. The van der Waals surface area contributed by atoms with Gasteiger partial charge in [-0.25, -0.2) is 0 Å². The van der Waals surface area contributed by atoms with Gasteiger partial charge < -0.3 is 4.74 Å². The molecule has 1 nitrogen and oxygen atoms in total. The molecule has 1 aromatic rings. The Labute approximate surface area is 79.7 Å². The van der Waals surface area contributed by atoms with E-state index in [4.69, 9.17) is 4.74 Å². The van der Waals surface area contributed by atoms with Crippen LogP contribution in [0, 0.1) is 12.8 Å². The van der Waals surface area contributed by atoms with Crippen LogP contribution in [-0.4, -0.2) is 6.61 Å². The monoisotopic (exact) mass is 176 g/mol. The molecule has 0 bridgehead atoms.